The fourth-order valence-electron chi connectivity index (χ4n) is 3.59. The Morgan fingerprint density at radius 1 is 0.800 bits per heavy atom. The third-order valence-electron chi connectivity index (χ3n) is 5.62. The van der Waals surface area contributed by atoms with Gasteiger partial charge >= 0.3 is 0 Å². The van der Waals surface area contributed by atoms with Crippen LogP contribution in [0.15, 0.2) is 0 Å². The van der Waals surface area contributed by atoms with Crippen molar-refractivity contribution in [2.24, 2.45) is 5.92 Å². The van der Waals surface area contributed by atoms with Crippen LogP contribution in [0, 0.1) is 40.5 Å². The van der Waals surface area contributed by atoms with Crippen LogP contribution in [0.3, 0.4) is 0 Å². The van der Waals surface area contributed by atoms with Crippen LogP contribution in [0.1, 0.15) is 65.5 Å². The molecule has 0 N–H and O–H groups in total. The van der Waals surface area contributed by atoms with Crippen molar-refractivity contribution in [3.63, 3.8) is 0 Å². The second-order valence-corrected chi connectivity index (χ2v) is 6.62. The van der Waals surface area contributed by atoms with Crippen molar-refractivity contribution in [1.29, 1.82) is 0 Å². The summed E-state index contributed by atoms with van der Waals surface area (Å²) in [6, 6.07) is 0. The number of hydrogen-bond donors (Lipinski definition) is 0. The lowest BCUT2D eigenvalue weighted by Crippen LogP contribution is -2.15. The summed E-state index contributed by atoms with van der Waals surface area (Å²) in [7, 11) is 0. The zero-order valence-corrected chi connectivity index (χ0v) is 13.7. The molecule has 0 heterocycles. The van der Waals surface area contributed by atoms with E-state index in [0.717, 1.165) is 31.6 Å². The highest BCUT2D eigenvalue weighted by molar-refractivity contribution is 5.79. The molecule has 1 fully saturated rings. The predicted molar refractivity (Wildman–Crippen MR) is 85.4 cm³/mol. The van der Waals surface area contributed by atoms with Crippen LogP contribution in [0.2, 0.25) is 0 Å². The second-order valence-electron chi connectivity index (χ2n) is 6.62. The van der Waals surface area contributed by atoms with Crippen LogP contribution in [0.4, 0.5) is 0 Å². The first-order valence-electron chi connectivity index (χ1n) is 7.99. The zero-order chi connectivity index (χ0) is 14.9. The van der Waals surface area contributed by atoms with Crippen LogP contribution in [0.5, 0.6) is 0 Å². The molecule has 0 aliphatic heterocycles. The molecular formula is C19H28O. The van der Waals surface area contributed by atoms with Crippen molar-refractivity contribution in [2.45, 2.75) is 73.1 Å². The Morgan fingerprint density at radius 2 is 1.25 bits per heavy atom. The maximum absolute atomic E-state index is 11.3. The van der Waals surface area contributed by atoms with E-state index in [-0.39, 0.29) is 0 Å². The Hall–Kier alpha value is -1.11. The van der Waals surface area contributed by atoms with E-state index in [0.29, 0.717) is 5.78 Å². The number of carbonyl (C=O) groups is 1. The largest absolute Gasteiger partial charge is 0.300 e. The number of ketones is 1. The van der Waals surface area contributed by atoms with Crippen LogP contribution in [-0.2, 0) is 11.2 Å². The molecule has 0 bridgehead atoms. The molecule has 1 nitrogen and oxygen atoms in total. The molecule has 0 aromatic heterocycles. The third-order valence-corrected chi connectivity index (χ3v) is 5.62. The standard InChI is InChI=1S/C19H28O/c1-12-13(2)15(4)19(16(5)14(12)3)11-8-17-6-9-18(20)10-7-17/h17H,6-11H2,1-5H3. The molecule has 1 aliphatic carbocycles. The van der Waals surface area contributed by atoms with Crippen molar-refractivity contribution in [2.75, 3.05) is 0 Å². The fourth-order valence-corrected chi connectivity index (χ4v) is 3.59. The van der Waals surface area contributed by atoms with Gasteiger partial charge in [-0.05, 0) is 99.6 Å². The van der Waals surface area contributed by atoms with Crippen LogP contribution in [0.25, 0.3) is 0 Å². The van der Waals surface area contributed by atoms with Gasteiger partial charge in [0.2, 0.25) is 0 Å². The van der Waals surface area contributed by atoms with E-state index in [1.54, 1.807) is 5.56 Å². The van der Waals surface area contributed by atoms with Crippen molar-refractivity contribution in [1.82, 2.24) is 0 Å². The van der Waals surface area contributed by atoms with Gasteiger partial charge in [0, 0.05) is 12.8 Å². The molecule has 0 amide bonds. The van der Waals surface area contributed by atoms with Crippen molar-refractivity contribution in [3.05, 3.63) is 33.4 Å². The first-order valence-corrected chi connectivity index (χ1v) is 7.99. The van der Waals surface area contributed by atoms with Gasteiger partial charge in [0.05, 0.1) is 0 Å². The summed E-state index contributed by atoms with van der Waals surface area (Å²) < 4.78 is 0. The molecule has 1 heteroatoms. The Labute approximate surface area is 123 Å². The van der Waals surface area contributed by atoms with Gasteiger partial charge in [0.1, 0.15) is 5.78 Å². The highest BCUT2D eigenvalue weighted by atomic mass is 16.1. The van der Waals surface area contributed by atoms with Crippen LogP contribution >= 0.6 is 0 Å². The molecular weight excluding hydrogens is 244 g/mol. The second kappa shape index (κ2) is 6.11. The smallest absolute Gasteiger partial charge is 0.132 e. The summed E-state index contributed by atoms with van der Waals surface area (Å²) >= 11 is 0. The van der Waals surface area contributed by atoms with Gasteiger partial charge in [-0.2, -0.15) is 0 Å². The van der Waals surface area contributed by atoms with Gasteiger partial charge in [-0.1, -0.05) is 0 Å². The van der Waals surface area contributed by atoms with Gasteiger partial charge in [0.25, 0.3) is 0 Å². The van der Waals surface area contributed by atoms with Crippen LogP contribution in [-0.4, -0.2) is 5.78 Å². The van der Waals surface area contributed by atoms with Gasteiger partial charge in [-0.15, -0.1) is 0 Å². The van der Waals surface area contributed by atoms with E-state index in [1.807, 2.05) is 0 Å². The fraction of sp³-hybridized carbons (Fsp3) is 0.632. The van der Waals surface area contributed by atoms with E-state index < -0.39 is 0 Å². The van der Waals surface area contributed by atoms with E-state index in [2.05, 4.69) is 34.6 Å². The van der Waals surface area contributed by atoms with E-state index in [1.165, 1.54) is 40.7 Å². The zero-order valence-electron chi connectivity index (χ0n) is 13.7. The van der Waals surface area contributed by atoms with E-state index in [9.17, 15) is 4.79 Å². The maximum atomic E-state index is 11.3. The summed E-state index contributed by atoms with van der Waals surface area (Å²) in [4.78, 5) is 11.3. The summed E-state index contributed by atoms with van der Waals surface area (Å²) in [5, 5.41) is 0. The summed E-state index contributed by atoms with van der Waals surface area (Å²) in [6.45, 7) is 11.3. The van der Waals surface area contributed by atoms with Gasteiger partial charge in [0.15, 0.2) is 0 Å². The maximum Gasteiger partial charge on any atom is 0.132 e. The molecule has 2 rings (SSSR count). The number of carbonyl (C=O) groups excluding carboxylic acids is 1. The average Bonchev–Trinajstić information content (AvgIpc) is 2.45. The first-order chi connectivity index (χ1) is 9.41. The minimum atomic E-state index is 0.468. The van der Waals surface area contributed by atoms with E-state index >= 15 is 0 Å². The van der Waals surface area contributed by atoms with Crippen molar-refractivity contribution >= 4 is 5.78 Å². The average molecular weight is 272 g/mol. The minimum absolute atomic E-state index is 0.468. The molecule has 0 unspecified atom stereocenters. The Bertz CT molecular complexity index is 486. The number of benzene rings is 1. The SMILES string of the molecule is Cc1c(C)c(C)c(CCC2CCC(=O)CC2)c(C)c1C. The molecule has 20 heavy (non-hydrogen) atoms. The van der Waals surface area contributed by atoms with Crippen LogP contribution < -0.4 is 0 Å². The molecule has 0 spiro atoms. The van der Waals surface area contributed by atoms with Gasteiger partial charge in [-0.3, -0.25) is 4.79 Å². The van der Waals surface area contributed by atoms with Gasteiger partial charge in [-0.25, -0.2) is 0 Å². The molecule has 0 atom stereocenters. The van der Waals surface area contributed by atoms with Gasteiger partial charge < -0.3 is 0 Å². The first kappa shape index (κ1) is 15.3. The van der Waals surface area contributed by atoms with Crippen molar-refractivity contribution in [3.8, 4) is 0 Å². The topological polar surface area (TPSA) is 17.1 Å². The lowest BCUT2D eigenvalue weighted by atomic mass is 9.82. The third kappa shape index (κ3) is 2.97. The lowest BCUT2D eigenvalue weighted by Gasteiger charge is -2.23. The highest BCUT2D eigenvalue weighted by Crippen LogP contribution is 2.30. The van der Waals surface area contributed by atoms with Crippen molar-refractivity contribution < 1.29 is 4.79 Å². The summed E-state index contributed by atoms with van der Waals surface area (Å²) in [5.74, 6) is 1.23. The normalized spacial score (nSPS) is 16.8. The predicted octanol–water partition coefficient (Wildman–Crippen LogP) is 4.92. The number of Topliss-reactive ketones (excluding diaryl/α,β-unsaturated/α-hetero) is 1. The quantitative estimate of drug-likeness (QED) is 0.763. The number of rotatable bonds is 3. The monoisotopic (exact) mass is 272 g/mol. The molecule has 0 saturated heterocycles. The summed E-state index contributed by atoms with van der Waals surface area (Å²) in [6.07, 6.45) is 6.28. The minimum Gasteiger partial charge on any atom is -0.300 e. The lowest BCUT2D eigenvalue weighted by molar-refractivity contribution is -0.121. The van der Waals surface area contributed by atoms with E-state index in [4.69, 9.17) is 0 Å². The molecule has 0 radical (unpaired) electrons. The number of hydrogen-bond acceptors (Lipinski definition) is 1. The summed E-state index contributed by atoms with van der Waals surface area (Å²) in [5.41, 5.74) is 8.90. The highest BCUT2D eigenvalue weighted by Gasteiger charge is 2.19. The Balaban J connectivity index is 2.12. The molecule has 1 aromatic carbocycles. The molecule has 1 saturated carbocycles. The Kier molecular flexibility index (Phi) is 4.67. The molecule has 1 aliphatic rings. The molecule has 110 valence electrons. The Morgan fingerprint density at radius 3 is 1.75 bits per heavy atom. The molecule has 1 aromatic rings.